The molecule has 0 saturated heterocycles. The molecule has 0 aliphatic rings. The first-order valence-electron chi connectivity index (χ1n) is 8.90. The van der Waals surface area contributed by atoms with Gasteiger partial charge in [0.05, 0.1) is 12.2 Å². The van der Waals surface area contributed by atoms with Crippen LogP contribution in [0.3, 0.4) is 0 Å². The summed E-state index contributed by atoms with van der Waals surface area (Å²) in [6, 6.07) is 7.93. The number of aryl methyl sites for hydroxylation is 2. The van der Waals surface area contributed by atoms with Gasteiger partial charge in [0.25, 0.3) is 0 Å². The Kier molecular flexibility index (Phi) is 10.7. The van der Waals surface area contributed by atoms with Gasteiger partial charge in [-0.05, 0) is 37.5 Å². The number of nitrogens with zero attached hydrogens (tertiary/aromatic N) is 2. The average Bonchev–Trinajstić information content (AvgIpc) is 3.01. The number of hydrogen-bond acceptors (Lipinski definition) is 3. The third kappa shape index (κ3) is 6.79. The van der Waals surface area contributed by atoms with Crippen LogP contribution >= 0.6 is 35.6 Å². The molecule has 5 nitrogen and oxygen atoms in total. The second kappa shape index (κ2) is 12.2. The molecule has 0 bridgehead atoms. The van der Waals surface area contributed by atoms with E-state index in [1.807, 2.05) is 18.2 Å². The normalized spacial score (nSPS) is 11.2. The van der Waals surface area contributed by atoms with Crippen LogP contribution in [0.1, 0.15) is 43.4 Å². The first kappa shape index (κ1) is 22.8. The van der Waals surface area contributed by atoms with Crippen LogP contribution in [-0.2, 0) is 25.8 Å². The van der Waals surface area contributed by atoms with Crippen LogP contribution in [0.4, 0.5) is 0 Å². The highest BCUT2D eigenvalue weighted by molar-refractivity contribution is 14.0. The average molecular weight is 491 g/mol. The molecule has 0 radical (unpaired) electrons. The molecule has 26 heavy (non-hydrogen) atoms. The Labute approximate surface area is 178 Å². The van der Waals surface area contributed by atoms with Gasteiger partial charge in [-0.3, -0.25) is 0 Å². The topological polar surface area (TPSA) is 62.5 Å². The molecule has 0 spiro atoms. The monoisotopic (exact) mass is 490 g/mol. The van der Waals surface area contributed by atoms with Gasteiger partial charge in [0.2, 0.25) is 0 Å². The fourth-order valence-electron chi connectivity index (χ4n) is 2.63. The molecule has 1 aromatic carbocycles. The fraction of sp³-hybridized carbons (Fsp3) is 0.474. The van der Waals surface area contributed by atoms with Gasteiger partial charge >= 0.3 is 0 Å². The van der Waals surface area contributed by atoms with Crippen molar-refractivity contribution < 1.29 is 4.52 Å². The van der Waals surface area contributed by atoms with E-state index in [1.165, 1.54) is 5.56 Å². The molecular weight excluding hydrogens is 463 g/mol. The van der Waals surface area contributed by atoms with Crippen molar-refractivity contribution in [2.24, 2.45) is 4.99 Å². The number of nitrogens with one attached hydrogen (secondary N) is 2. The van der Waals surface area contributed by atoms with Gasteiger partial charge in [0, 0.05) is 30.1 Å². The maximum absolute atomic E-state index is 6.03. The molecule has 0 saturated carbocycles. The standard InChI is InChI=1S/C19H27ClN4O.HI/c1-4-17-16(18(5-2)25-24-17)13-23-19(21-6-3)22-11-10-14-8-7-9-15(20)12-14;/h7-9,12H,4-6,10-11,13H2,1-3H3,(H2,21,22,23);1H. The molecule has 0 fully saturated rings. The smallest absolute Gasteiger partial charge is 0.191 e. The molecule has 1 aromatic heterocycles. The molecule has 0 aliphatic heterocycles. The summed E-state index contributed by atoms with van der Waals surface area (Å²) in [5, 5.41) is 11.6. The molecule has 2 N–H and O–H groups in total. The van der Waals surface area contributed by atoms with E-state index >= 15 is 0 Å². The Hall–Kier alpha value is -1.28. The largest absolute Gasteiger partial charge is 0.361 e. The lowest BCUT2D eigenvalue weighted by molar-refractivity contribution is 0.380. The van der Waals surface area contributed by atoms with Gasteiger partial charge in [-0.15, -0.1) is 24.0 Å². The molecule has 7 heteroatoms. The van der Waals surface area contributed by atoms with E-state index in [9.17, 15) is 0 Å². The fourth-order valence-corrected chi connectivity index (χ4v) is 2.85. The minimum absolute atomic E-state index is 0. The van der Waals surface area contributed by atoms with E-state index in [1.54, 1.807) is 0 Å². The number of aromatic nitrogens is 1. The summed E-state index contributed by atoms with van der Waals surface area (Å²) in [7, 11) is 0. The Morgan fingerprint density at radius 1 is 1.19 bits per heavy atom. The van der Waals surface area contributed by atoms with E-state index in [4.69, 9.17) is 21.1 Å². The van der Waals surface area contributed by atoms with Crippen LogP contribution in [0.5, 0.6) is 0 Å². The highest BCUT2D eigenvalue weighted by Gasteiger charge is 2.13. The van der Waals surface area contributed by atoms with Crippen LogP contribution in [0.2, 0.25) is 5.02 Å². The Bertz CT molecular complexity index is 681. The first-order valence-corrected chi connectivity index (χ1v) is 9.28. The quantitative estimate of drug-likeness (QED) is 0.328. The van der Waals surface area contributed by atoms with Crippen molar-refractivity contribution in [2.75, 3.05) is 13.1 Å². The predicted octanol–water partition coefficient (Wildman–Crippen LogP) is 4.37. The third-order valence-corrected chi connectivity index (χ3v) is 4.18. The van der Waals surface area contributed by atoms with Crippen LogP contribution in [-0.4, -0.2) is 24.2 Å². The number of aliphatic imine (C=N–C) groups is 1. The third-order valence-electron chi connectivity index (χ3n) is 3.94. The Balaban J connectivity index is 0.00000338. The molecule has 144 valence electrons. The number of hydrogen-bond donors (Lipinski definition) is 2. The van der Waals surface area contributed by atoms with Gasteiger partial charge in [-0.2, -0.15) is 0 Å². The zero-order valence-electron chi connectivity index (χ0n) is 15.6. The van der Waals surface area contributed by atoms with Crippen molar-refractivity contribution in [1.29, 1.82) is 0 Å². The molecule has 0 amide bonds. The summed E-state index contributed by atoms with van der Waals surface area (Å²) in [6.45, 7) is 8.39. The van der Waals surface area contributed by atoms with Crippen LogP contribution in [0.25, 0.3) is 0 Å². The molecular formula is C19H28ClIN4O. The van der Waals surface area contributed by atoms with Crippen molar-refractivity contribution in [3.05, 3.63) is 51.9 Å². The maximum atomic E-state index is 6.03. The van der Waals surface area contributed by atoms with Gasteiger partial charge in [0.1, 0.15) is 5.76 Å². The Morgan fingerprint density at radius 2 is 2.00 bits per heavy atom. The van der Waals surface area contributed by atoms with E-state index in [2.05, 4.69) is 42.6 Å². The maximum Gasteiger partial charge on any atom is 0.191 e. The van der Waals surface area contributed by atoms with Crippen molar-refractivity contribution in [3.63, 3.8) is 0 Å². The summed E-state index contributed by atoms with van der Waals surface area (Å²) >= 11 is 6.03. The minimum atomic E-state index is 0. The molecule has 2 rings (SSSR count). The first-order chi connectivity index (χ1) is 12.2. The summed E-state index contributed by atoms with van der Waals surface area (Å²) < 4.78 is 5.41. The summed E-state index contributed by atoms with van der Waals surface area (Å²) in [6.07, 6.45) is 2.57. The molecule has 0 atom stereocenters. The zero-order valence-corrected chi connectivity index (χ0v) is 18.7. The number of guanidine groups is 1. The van der Waals surface area contributed by atoms with Gasteiger partial charge in [0.15, 0.2) is 5.96 Å². The van der Waals surface area contributed by atoms with Crippen LogP contribution < -0.4 is 10.6 Å². The number of halogens is 2. The second-order valence-corrected chi connectivity index (χ2v) is 6.18. The SMILES string of the molecule is CCNC(=NCc1c(CC)noc1CC)NCCc1cccc(Cl)c1.I. The Morgan fingerprint density at radius 3 is 2.65 bits per heavy atom. The lowest BCUT2D eigenvalue weighted by atomic mass is 10.1. The van der Waals surface area contributed by atoms with Gasteiger partial charge in [-0.25, -0.2) is 4.99 Å². The number of rotatable bonds is 8. The molecule has 1 heterocycles. The van der Waals surface area contributed by atoms with E-state index in [0.717, 1.165) is 60.4 Å². The van der Waals surface area contributed by atoms with Crippen molar-refractivity contribution >= 4 is 41.5 Å². The van der Waals surface area contributed by atoms with Crippen molar-refractivity contribution in [2.45, 2.75) is 46.6 Å². The van der Waals surface area contributed by atoms with E-state index < -0.39 is 0 Å². The highest BCUT2D eigenvalue weighted by atomic mass is 127. The van der Waals surface area contributed by atoms with E-state index in [-0.39, 0.29) is 24.0 Å². The lowest BCUT2D eigenvalue weighted by Crippen LogP contribution is -2.38. The molecule has 0 unspecified atom stereocenters. The van der Waals surface area contributed by atoms with Gasteiger partial charge < -0.3 is 15.2 Å². The van der Waals surface area contributed by atoms with Crippen molar-refractivity contribution in [3.8, 4) is 0 Å². The number of benzene rings is 1. The van der Waals surface area contributed by atoms with Crippen molar-refractivity contribution in [1.82, 2.24) is 15.8 Å². The minimum Gasteiger partial charge on any atom is -0.361 e. The lowest BCUT2D eigenvalue weighted by Gasteiger charge is -2.11. The zero-order chi connectivity index (χ0) is 18.1. The predicted molar refractivity (Wildman–Crippen MR) is 119 cm³/mol. The van der Waals surface area contributed by atoms with E-state index in [0.29, 0.717) is 6.54 Å². The summed E-state index contributed by atoms with van der Waals surface area (Å²) in [5.41, 5.74) is 3.31. The second-order valence-electron chi connectivity index (χ2n) is 5.74. The molecule has 0 aliphatic carbocycles. The summed E-state index contributed by atoms with van der Waals surface area (Å²) in [4.78, 5) is 4.69. The van der Waals surface area contributed by atoms with Crippen LogP contribution in [0, 0.1) is 0 Å². The molecule has 2 aromatic rings. The van der Waals surface area contributed by atoms with Crippen LogP contribution in [0.15, 0.2) is 33.8 Å². The highest BCUT2D eigenvalue weighted by Crippen LogP contribution is 2.16. The summed E-state index contributed by atoms with van der Waals surface area (Å²) in [5.74, 6) is 1.73. The van der Waals surface area contributed by atoms with Gasteiger partial charge in [-0.1, -0.05) is 42.7 Å².